The van der Waals surface area contributed by atoms with Gasteiger partial charge in [0.15, 0.2) is 0 Å². The van der Waals surface area contributed by atoms with E-state index in [4.69, 9.17) is 0 Å². The molecular formula is C23H30N4O. The molecule has 0 saturated carbocycles. The van der Waals surface area contributed by atoms with Gasteiger partial charge in [0.2, 0.25) is 5.91 Å². The summed E-state index contributed by atoms with van der Waals surface area (Å²) in [5.74, 6) is 0.802. The van der Waals surface area contributed by atoms with Gasteiger partial charge in [0, 0.05) is 37.0 Å². The van der Waals surface area contributed by atoms with E-state index in [-0.39, 0.29) is 23.9 Å². The van der Waals surface area contributed by atoms with Gasteiger partial charge in [0.1, 0.15) is 0 Å². The molecule has 4 atom stereocenters. The third kappa shape index (κ3) is 3.70. The standard InChI is InChI=1S/C23H30N4O/c1-16(24-2)23(28)27-14-13-20-19(15-27)22(26-25-20)21(17-9-5-3-6-10-17)18-11-7-4-8-12-18/h3-12,16,19-22,24-26H,13-15H2,1-2H3/t16-,19?,20?,22?/m0/s1. The number of fused-ring (bicyclic) bond motifs is 1. The molecule has 0 spiro atoms. The first kappa shape index (κ1) is 19.1. The topological polar surface area (TPSA) is 56.4 Å². The zero-order valence-electron chi connectivity index (χ0n) is 16.6. The Morgan fingerprint density at radius 3 is 2.21 bits per heavy atom. The molecule has 0 bridgehead atoms. The summed E-state index contributed by atoms with van der Waals surface area (Å²) in [6.45, 7) is 3.54. The van der Waals surface area contributed by atoms with Crippen LogP contribution in [0.25, 0.3) is 0 Å². The third-order valence-corrected chi connectivity index (χ3v) is 6.35. The van der Waals surface area contributed by atoms with Crippen LogP contribution in [0.5, 0.6) is 0 Å². The van der Waals surface area contributed by atoms with E-state index in [1.54, 1.807) is 0 Å². The molecule has 28 heavy (non-hydrogen) atoms. The van der Waals surface area contributed by atoms with E-state index in [9.17, 15) is 4.79 Å². The molecule has 3 N–H and O–H groups in total. The van der Waals surface area contributed by atoms with Gasteiger partial charge in [0.25, 0.3) is 0 Å². The van der Waals surface area contributed by atoms with Crippen molar-refractivity contribution in [3.8, 4) is 0 Å². The molecule has 2 aliphatic rings. The number of rotatable bonds is 5. The normalized spacial score (nSPS) is 25.5. The van der Waals surface area contributed by atoms with Gasteiger partial charge in [-0.2, -0.15) is 0 Å². The van der Waals surface area contributed by atoms with Gasteiger partial charge in [-0.1, -0.05) is 60.7 Å². The summed E-state index contributed by atoms with van der Waals surface area (Å²) >= 11 is 0. The maximum absolute atomic E-state index is 12.8. The molecule has 1 amide bonds. The zero-order valence-corrected chi connectivity index (χ0v) is 16.6. The van der Waals surface area contributed by atoms with E-state index in [0.717, 1.165) is 19.5 Å². The Kier molecular flexibility index (Phi) is 5.76. The van der Waals surface area contributed by atoms with E-state index >= 15 is 0 Å². The van der Waals surface area contributed by atoms with Crippen LogP contribution < -0.4 is 16.2 Å². The third-order valence-electron chi connectivity index (χ3n) is 6.35. The SMILES string of the molecule is CN[C@@H](C)C(=O)N1CCC2NNC(C(c3ccccc3)c3ccccc3)C2C1. The van der Waals surface area contributed by atoms with E-state index < -0.39 is 0 Å². The number of hydrogen-bond donors (Lipinski definition) is 3. The molecular weight excluding hydrogens is 348 g/mol. The summed E-state index contributed by atoms with van der Waals surface area (Å²) in [6, 6.07) is 21.9. The first-order chi connectivity index (χ1) is 13.7. The van der Waals surface area contributed by atoms with Crippen LogP contribution in [-0.2, 0) is 4.79 Å². The highest BCUT2D eigenvalue weighted by atomic mass is 16.2. The number of hydrogen-bond acceptors (Lipinski definition) is 4. The molecule has 0 aromatic heterocycles. The quantitative estimate of drug-likeness (QED) is 0.746. The zero-order chi connectivity index (χ0) is 19.5. The molecule has 2 aliphatic heterocycles. The lowest BCUT2D eigenvalue weighted by Crippen LogP contribution is -2.53. The Bertz CT molecular complexity index is 742. The monoisotopic (exact) mass is 378 g/mol. The molecule has 2 aromatic rings. The second-order valence-electron chi connectivity index (χ2n) is 7.97. The van der Waals surface area contributed by atoms with E-state index in [0.29, 0.717) is 12.0 Å². The van der Waals surface area contributed by atoms with Crippen LogP contribution in [-0.4, -0.2) is 49.1 Å². The van der Waals surface area contributed by atoms with Crippen molar-refractivity contribution in [1.29, 1.82) is 0 Å². The fraction of sp³-hybridized carbons (Fsp3) is 0.435. The summed E-state index contributed by atoms with van der Waals surface area (Å²) in [5, 5.41) is 3.08. The molecule has 148 valence electrons. The summed E-state index contributed by atoms with van der Waals surface area (Å²) < 4.78 is 0. The minimum absolute atomic E-state index is 0.142. The fourth-order valence-electron chi connectivity index (χ4n) is 4.69. The lowest BCUT2D eigenvalue weighted by molar-refractivity contribution is -0.134. The lowest BCUT2D eigenvalue weighted by Gasteiger charge is -2.39. The Balaban J connectivity index is 1.63. The number of benzene rings is 2. The maximum atomic E-state index is 12.8. The van der Waals surface area contributed by atoms with Crippen molar-refractivity contribution in [3.05, 3.63) is 71.8 Å². The second-order valence-corrected chi connectivity index (χ2v) is 7.97. The second kappa shape index (κ2) is 8.43. The Hall–Kier alpha value is -2.21. The minimum atomic E-state index is -0.142. The van der Waals surface area contributed by atoms with Crippen molar-refractivity contribution in [1.82, 2.24) is 21.1 Å². The van der Waals surface area contributed by atoms with Crippen LogP contribution in [0.4, 0.5) is 0 Å². The van der Waals surface area contributed by atoms with Gasteiger partial charge >= 0.3 is 0 Å². The van der Waals surface area contributed by atoms with Gasteiger partial charge in [0.05, 0.1) is 6.04 Å². The number of hydrazine groups is 1. The molecule has 0 aliphatic carbocycles. The highest BCUT2D eigenvalue weighted by Gasteiger charge is 2.45. The molecule has 5 nitrogen and oxygen atoms in total. The average Bonchev–Trinajstić information content (AvgIpc) is 3.17. The predicted octanol–water partition coefficient (Wildman–Crippen LogP) is 2.12. The molecule has 2 aromatic carbocycles. The molecule has 2 heterocycles. The highest BCUT2D eigenvalue weighted by Crippen LogP contribution is 2.37. The summed E-state index contributed by atoms with van der Waals surface area (Å²) in [4.78, 5) is 14.8. The van der Waals surface area contributed by atoms with Crippen LogP contribution in [0.2, 0.25) is 0 Å². The number of nitrogens with one attached hydrogen (secondary N) is 3. The van der Waals surface area contributed by atoms with Crippen molar-refractivity contribution < 1.29 is 4.79 Å². The number of carbonyl (C=O) groups excluding carboxylic acids is 1. The first-order valence-electron chi connectivity index (χ1n) is 10.3. The molecule has 0 radical (unpaired) electrons. The van der Waals surface area contributed by atoms with Crippen molar-refractivity contribution >= 4 is 5.91 Å². The number of likely N-dealkylation sites (N-methyl/N-ethyl adjacent to an activating group) is 1. The van der Waals surface area contributed by atoms with Crippen molar-refractivity contribution in [2.45, 2.75) is 37.4 Å². The molecule has 3 unspecified atom stereocenters. The Morgan fingerprint density at radius 2 is 1.64 bits per heavy atom. The van der Waals surface area contributed by atoms with Crippen LogP contribution in [0.15, 0.2) is 60.7 Å². The van der Waals surface area contributed by atoms with E-state index in [1.807, 2.05) is 18.9 Å². The van der Waals surface area contributed by atoms with Gasteiger partial charge in [-0.05, 0) is 31.5 Å². The van der Waals surface area contributed by atoms with Crippen LogP contribution in [0, 0.1) is 5.92 Å². The van der Waals surface area contributed by atoms with Gasteiger partial charge in [-0.15, -0.1) is 0 Å². The number of likely N-dealkylation sites (tertiary alicyclic amines) is 1. The van der Waals surface area contributed by atoms with Crippen molar-refractivity contribution in [2.24, 2.45) is 5.92 Å². The summed E-state index contributed by atoms with van der Waals surface area (Å²) in [7, 11) is 1.84. The van der Waals surface area contributed by atoms with Crippen molar-refractivity contribution in [2.75, 3.05) is 20.1 Å². The highest BCUT2D eigenvalue weighted by molar-refractivity contribution is 5.81. The molecule has 2 fully saturated rings. The van der Waals surface area contributed by atoms with E-state index in [2.05, 4.69) is 76.8 Å². The summed E-state index contributed by atoms with van der Waals surface area (Å²) in [5.41, 5.74) is 9.73. The van der Waals surface area contributed by atoms with Gasteiger partial charge in [-0.3, -0.25) is 15.6 Å². The van der Waals surface area contributed by atoms with Crippen LogP contribution in [0.3, 0.4) is 0 Å². The number of amides is 1. The lowest BCUT2D eigenvalue weighted by atomic mass is 9.76. The average molecular weight is 379 g/mol. The van der Waals surface area contributed by atoms with Crippen LogP contribution in [0.1, 0.15) is 30.4 Å². The Labute approximate surface area is 167 Å². The van der Waals surface area contributed by atoms with E-state index in [1.165, 1.54) is 11.1 Å². The smallest absolute Gasteiger partial charge is 0.239 e. The molecule has 2 saturated heterocycles. The number of nitrogens with zero attached hydrogens (tertiary/aromatic N) is 1. The van der Waals surface area contributed by atoms with Gasteiger partial charge in [-0.25, -0.2) is 0 Å². The predicted molar refractivity (Wildman–Crippen MR) is 112 cm³/mol. The molecule has 5 heteroatoms. The fourth-order valence-corrected chi connectivity index (χ4v) is 4.69. The largest absolute Gasteiger partial charge is 0.341 e. The van der Waals surface area contributed by atoms with Crippen molar-refractivity contribution in [3.63, 3.8) is 0 Å². The molecule has 4 rings (SSSR count). The minimum Gasteiger partial charge on any atom is -0.341 e. The van der Waals surface area contributed by atoms with Gasteiger partial charge < -0.3 is 10.2 Å². The number of carbonyl (C=O) groups is 1. The first-order valence-corrected chi connectivity index (χ1v) is 10.3. The Morgan fingerprint density at radius 1 is 1.04 bits per heavy atom. The summed E-state index contributed by atoms with van der Waals surface area (Å²) in [6.07, 6.45) is 0.979. The van der Waals surface area contributed by atoms with Crippen LogP contribution >= 0.6 is 0 Å². The maximum Gasteiger partial charge on any atom is 0.239 e. The number of piperidine rings is 1.